The SMILES string of the molecule is COC(=O)C12CCC(C)(c3nc4cc5c(cc4nc31)OCO5)C2(C)C. The number of aromatic nitrogens is 2. The van der Waals surface area contributed by atoms with Crippen molar-refractivity contribution in [2.24, 2.45) is 5.41 Å². The molecule has 0 spiro atoms. The summed E-state index contributed by atoms with van der Waals surface area (Å²) in [4.78, 5) is 22.7. The van der Waals surface area contributed by atoms with Crippen LogP contribution < -0.4 is 9.47 Å². The number of carbonyl (C=O) groups excluding carboxylic acids is 1. The number of benzene rings is 1. The van der Waals surface area contributed by atoms with Crippen LogP contribution in [0.1, 0.15) is 45.0 Å². The summed E-state index contributed by atoms with van der Waals surface area (Å²) in [5.41, 5.74) is 1.90. The summed E-state index contributed by atoms with van der Waals surface area (Å²) in [5, 5.41) is 0. The van der Waals surface area contributed by atoms with Crippen molar-refractivity contribution in [3.63, 3.8) is 0 Å². The number of rotatable bonds is 1. The maximum atomic E-state index is 12.9. The molecule has 1 fully saturated rings. The van der Waals surface area contributed by atoms with Gasteiger partial charge in [-0.25, -0.2) is 9.97 Å². The molecule has 2 aliphatic carbocycles. The van der Waals surface area contributed by atoms with Crippen molar-refractivity contribution in [3.8, 4) is 11.5 Å². The van der Waals surface area contributed by atoms with Crippen molar-refractivity contribution < 1.29 is 19.0 Å². The van der Waals surface area contributed by atoms with E-state index in [9.17, 15) is 4.79 Å². The van der Waals surface area contributed by atoms with Crippen molar-refractivity contribution >= 4 is 17.0 Å². The molecule has 3 aliphatic rings. The fraction of sp³-hybridized carbons (Fsp3) is 0.526. The summed E-state index contributed by atoms with van der Waals surface area (Å²) in [6.07, 6.45) is 1.63. The second-order valence-corrected chi connectivity index (χ2v) is 7.97. The van der Waals surface area contributed by atoms with Gasteiger partial charge < -0.3 is 14.2 Å². The van der Waals surface area contributed by atoms with Gasteiger partial charge in [0.15, 0.2) is 11.5 Å². The molecule has 6 nitrogen and oxygen atoms in total. The molecule has 2 atom stereocenters. The van der Waals surface area contributed by atoms with Crippen LogP contribution in [-0.2, 0) is 20.4 Å². The van der Waals surface area contributed by atoms with Crippen LogP contribution in [0.5, 0.6) is 11.5 Å². The third kappa shape index (κ3) is 1.42. The Morgan fingerprint density at radius 1 is 1.04 bits per heavy atom. The number of esters is 1. The molecule has 2 unspecified atom stereocenters. The van der Waals surface area contributed by atoms with Gasteiger partial charge in [-0.15, -0.1) is 0 Å². The average molecular weight is 340 g/mol. The molecule has 6 heteroatoms. The molecule has 2 aromatic rings. The van der Waals surface area contributed by atoms with Gasteiger partial charge in [0.25, 0.3) is 0 Å². The molecule has 1 aromatic carbocycles. The van der Waals surface area contributed by atoms with E-state index in [1.54, 1.807) is 0 Å². The fourth-order valence-electron chi connectivity index (χ4n) is 5.12. The van der Waals surface area contributed by atoms with E-state index in [1.807, 2.05) is 12.1 Å². The van der Waals surface area contributed by atoms with Gasteiger partial charge >= 0.3 is 5.97 Å². The first-order valence-electron chi connectivity index (χ1n) is 8.56. The van der Waals surface area contributed by atoms with Gasteiger partial charge in [0.1, 0.15) is 5.41 Å². The first-order valence-corrected chi connectivity index (χ1v) is 8.56. The Labute approximate surface area is 145 Å². The van der Waals surface area contributed by atoms with Crippen LogP contribution in [0.2, 0.25) is 0 Å². The highest BCUT2D eigenvalue weighted by Crippen LogP contribution is 2.70. The summed E-state index contributed by atoms with van der Waals surface area (Å²) < 4.78 is 16.2. The van der Waals surface area contributed by atoms with Crippen LogP contribution >= 0.6 is 0 Å². The van der Waals surface area contributed by atoms with E-state index >= 15 is 0 Å². The van der Waals surface area contributed by atoms with Gasteiger partial charge in [0.05, 0.1) is 29.5 Å². The second-order valence-electron chi connectivity index (χ2n) is 7.97. The molecule has 1 aliphatic heterocycles. The van der Waals surface area contributed by atoms with Crippen LogP contribution in [0, 0.1) is 5.41 Å². The highest BCUT2D eigenvalue weighted by atomic mass is 16.7. The Morgan fingerprint density at radius 3 is 2.24 bits per heavy atom. The summed E-state index contributed by atoms with van der Waals surface area (Å²) in [6.45, 7) is 6.67. The molecule has 0 radical (unpaired) electrons. The molecule has 5 rings (SSSR count). The topological polar surface area (TPSA) is 70.5 Å². The lowest BCUT2D eigenvalue weighted by Crippen LogP contribution is -2.46. The van der Waals surface area contributed by atoms with Gasteiger partial charge in [-0.1, -0.05) is 20.8 Å². The lowest BCUT2D eigenvalue weighted by Gasteiger charge is -2.38. The van der Waals surface area contributed by atoms with Crippen molar-refractivity contribution in [1.82, 2.24) is 9.97 Å². The number of methoxy groups -OCH3 is 1. The zero-order valence-electron chi connectivity index (χ0n) is 14.8. The van der Waals surface area contributed by atoms with Gasteiger partial charge in [-0.05, 0) is 18.3 Å². The van der Waals surface area contributed by atoms with E-state index in [1.165, 1.54) is 7.11 Å². The van der Waals surface area contributed by atoms with Crippen LogP contribution in [0.3, 0.4) is 0 Å². The zero-order chi connectivity index (χ0) is 17.6. The van der Waals surface area contributed by atoms with E-state index in [2.05, 4.69) is 20.8 Å². The largest absolute Gasteiger partial charge is 0.468 e. The van der Waals surface area contributed by atoms with Gasteiger partial charge in [-0.2, -0.15) is 0 Å². The van der Waals surface area contributed by atoms with Crippen molar-refractivity contribution in [3.05, 3.63) is 23.5 Å². The summed E-state index contributed by atoms with van der Waals surface area (Å²) in [7, 11) is 1.45. The Kier molecular flexibility index (Phi) is 2.53. The lowest BCUT2D eigenvalue weighted by atomic mass is 9.64. The Hall–Kier alpha value is -2.37. The minimum atomic E-state index is -0.747. The predicted molar refractivity (Wildman–Crippen MR) is 89.7 cm³/mol. The summed E-state index contributed by atoms with van der Waals surface area (Å²) in [5.74, 6) is 1.15. The molecule has 25 heavy (non-hydrogen) atoms. The Bertz CT molecular complexity index is 954. The van der Waals surface area contributed by atoms with Gasteiger partial charge in [0, 0.05) is 17.5 Å². The third-order valence-electron chi connectivity index (χ3n) is 7.07. The minimum absolute atomic E-state index is 0.211. The first-order chi connectivity index (χ1) is 11.8. The number of carbonyl (C=O) groups is 1. The lowest BCUT2D eigenvalue weighted by molar-refractivity contribution is -0.151. The molecular weight excluding hydrogens is 320 g/mol. The molecule has 0 amide bonds. The number of hydrogen-bond acceptors (Lipinski definition) is 6. The second kappa shape index (κ2) is 4.23. The molecule has 1 saturated carbocycles. The number of hydrogen-bond donors (Lipinski definition) is 0. The maximum absolute atomic E-state index is 12.9. The summed E-state index contributed by atoms with van der Waals surface area (Å²) >= 11 is 0. The first kappa shape index (κ1) is 14.9. The molecule has 2 bridgehead atoms. The predicted octanol–water partition coefficient (Wildman–Crippen LogP) is 2.86. The smallest absolute Gasteiger partial charge is 0.318 e. The molecular formula is C19H20N2O4. The average Bonchev–Trinajstić information content (AvgIpc) is 3.16. The Balaban J connectivity index is 1.85. The van der Waals surface area contributed by atoms with E-state index < -0.39 is 5.41 Å². The molecule has 0 saturated heterocycles. The van der Waals surface area contributed by atoms with E-state index in [4.69, 9.17) is 24.2 Å². The zero-order valence-corrected chi connectivity index (χ0v) is 14.8. The minimum Gasteiger partial charge on any atom is -0.468 e. The van der Waals surface area contributed by atoms with Crippen LogP contribution in [-0.4, -0.2) is 29.8 Å². The summed E-state index contributed by atoms with van der Waals surface area (Å²) in [6, 6.07) is 3.72. The number of fused-ring (bicyclic) bond motifs is 7. The molecule has 1 aromatic heterocycles. The Morgan fingerprint density at radius 2 is 1.64 bits per heavy atom. The number of ether oxygens (including phenoxy) is 3. The van der Waals surface area contributed by atoms with E-state index in [0.29, 0.717) is 11.5 Å². The highest BCUT2D eigenvalue weighted by molar-refractivity contribution is 5.89. The standard InChI is InChI=1S/C19H20N2O4/c1-17(2)18(3)5-6-19(17,16(22)23-4)15-14(18)20-10-7-12-13(25-9-24-12)8-11(10)21-15/h7-8H,5-6,9H2,1-4H3. The normalized spacial score (nSPS) is 30.6. The molecule has 2 heterocycles. The maximum Gasteiger partial charge on any atom is 0.318 e. The highest BCUT2D eigenvalue weighted by Gasteiger charge is 2.73. The van der Waals surface area contributed by atoms with Crippen LogP contribution in [0.4, 0.5) is 0 Å². The quantitative estimate of drug-likeness (QED) is 0.744. The van der Waals surface area contributed by atoms with Crippen molar-refractivity contribution in [2.75, 3.05) is 13.9 Å². The van der Waals surface area contributed by atoms with Crippen LogP contribution in [0.25, 0.3) is 11.0 Å². The monoisotopic (exact) mass is 340 g/mol. The van der Waals surface area contributed by atoms with Gasteiger partial charge in [-0.3, -0.25) is 4.79 Å². The van der Waals surface area contributed by atoms with E-state index in [0.717, 1.165) is 35.3 Å². The van der Waals surface area contributed by atoms with Crippen molar-refractivity contribution in [1.29, 1.82) is 0 Å². The van der Waals surface area contributed by atoms with Gasteiger partial charge in [0.2, 0.25) is 6.79 Å². The molecule has 0 N–H and O–H groups in total. The van der Waals surface area contributed by atoms with Crippen LogP contribution in [0.15, 0.2) is 12.1 Å². The van der Waals surface area contributed by atoms with Crippen molar-refractivity contribution in [2.45, 2.75) is 44.4 Å². The third-order valence-corrected chi connectivity index (χ3v) is 7.07. The number of nitrogens with zero attached hydrogens (tertiary/aromatic N) is 2. The van der Waals surface area contributed by atoms with E-state index in [-0.39, 0.29) is 23.6 Å². The molecule has 130 valence electrons. The fourth-order valence-corrected chi connectivity index (χ4v) is 5.12.